The summed E-state index contributed by atoms with van der Waals surface area (Å²) in [4.78, 5) is 7.74. The van der Waals surface area contributed by atoms with Gasteiger partial charge in [-0.3, -0.25) is 0 Å². The third-order valence-corrected chi connectivity index (χ3v) is 4.48. The predicted molar refractivity (Wildman–Crippen MR) is 94.6 cm³/mol. The minimum Gasteiger partial charge on any atom is -0.497 e. The van der Waals surface area contributed by atoms with Crippen molar-refractivity contribution in [3.05, 3.63) is 40.6 Å². The first kappa shape index (κ1) is 16.4. The van der Waals surface area contributed by atoms with Crippen LogP contribution in [0, 0.1) is 0 Å². The lowest BCUT2D eigenvalue weighted by Crippen LogP contribution is -2.36. The van der Waals surface area contributed by atoms with Gasteiger partial charge in [0.2, 0.25) is 0 Å². The zero-order chi connectivity index (χ0) is 15.9. The quantitative estimate of drug-likeness (QED) is 0.654. The summed E-state index contributed by atoms with van der Waals surface area (Å²) in [5.41, 5.74) is 8.40. The molecule has 0 fully saturated rings. The average Bonchev–Trinajstić information content (AvgIpc) is 3.03. The van der Waals surface area contributed by atoms with Crippen LogP contribution in [0.4, 0.5) is 0 Å². The lowest BCUT2D eigenvalue weighted by atomic mass is 10.1. The maximum atomic E-state index is 6.00. The van der Waals surface area contributed by atoms with Gasteiger partial charge in [-0.05, 0) is 48.6 Å². The number of rotatable bonds is 6. The normalized spacial score (nSPS) is 11.5. The molecule has 0 atom stereocenters. The van der Waals surface area contributed by atoms with Gasteiger partial charge in [0.1, 0.15) is 5.75 Å². The minimum atomic E-state index is 0.615. The van der Waals surface area contributed by atoms with Crippen molar-refractivity contribution in [2.24, 2.45) is 10.7 Å². The Morgan fingerprint density at radius 1 is 1.18 bits per heavy atom. The molecular formula is C17H23N3OS. The Morgan fingerprint density at radius 2 is 1.86 bits per heavy atom. The fourth-order valence-electron chi connectivity index (χ4n) is 2.20. The van der Waals surface area contributed by atoms with Gasteiger partial charge in [0.05, 0.1) is 13.7 Å². The lowest BCUT2D eigenvalue weighted by Gasteiger charge is -2.19. The molecule has 2 N–H and O–H groups in total. The zero-order valence-electron chi connectivity index (χ0n) is 13.4. The average molecular weight is 317 g/mol. The molecule has 0 aliphatic carbocycles. The van der Waals surface area contributed by atoms with Gasteiger partial charge in [-0.15, -0.1) is 11.3 Å². The SMILES string of the molecule is CCN(CC)C(N)=NCc1cc(-c2ccc(OC)cc2)cs1. The molecule has 1 aromatic carbocycles. The van der Waals surface area contributed by atoms with Gasteiger partial charge in [-0.2, -0.15) is 0 Å². The van der Waals surface area contributed by atoms with Gasteiger partial charge >= 0.3 is 0 Å². The highest BCUT2D eigenvalue weighted by atomic mass is 32.1. The van der Waals surface area contributed by atoms with Crippen LogP contribution in [-0.2, 0) is 6.54 Å². The van der Waals surface area contributed by atoms with Crippen molar-refractivity contribution in [1.29, 1.82) is 0 Å². The van der Waals surface area contributed by atoms with Gasteiger partial charge in [-0.1, -0.05) is 12.1 Å². The number of nitrogens with two attached hydrogens (primary N) is 1. The van der Waals surface area contributed by atoms with Crippen LogP contribution in [-0.4, -0.2) is 31.1 Å². The Morgan fingerprint density at radius 3 is 2.45 bits per heavy atom. The van der Waals surface area contributed by atoms with E-state index >= 15 is 0 Å². The Kier molecular flexibility index (Phi) is 5.83. The van der Waals surface area contributed by atoms with E-state index in [0.29, 0.717) is 12.5 Å². The smallest absolute Gasteiger partial charge is 0.191 e. The highest BCUT2D eigenvalue weighted by molar-refractivity contribution is 7.10. The van der Waals surface area contributed by atoms with Crippen LogP contribution in [0.5, 0.6) is 5.75 Å². The van der Waals surface area contributed by atoms with Gasteiger partial charge in [0, 0.05) is 18.0 Å². The van der Waals surface area contributed by atoms with E-state index in [1.54, 1.807) is 18.4 Å². The lowest BCUT2D eigenvalue weighted by molar-refractivity contribution is 0.415. The van der Waals surface area contributed by atoms with Crippen LogP contribution in [0.2, 0.25) is 0 Å². The number of aliphatic imine (C=N–C) groups is 1. The van der Waals surface area contributed by atoms with E-state index in [9.17, 15) is 0 Å². The summed E-state index contributed by atoms with van der Waals surface area (Å²) >= 11 is 1.71. The van der Waals surface area contributed by atoms with Crippen molar-refractivity contribution in [3.8, 4) is 16.9 Å². The van der Waals surface area contributed by atoms with Crippen molar-refractivity contribution < 1.29 is 4.74 Å². The zero-order valence-corrected chi connectivity index (χ0v) is 14.2. The second kappa shape index (κ2) is 7.84. The van der Waals surface area contributed by atoms with Crippen LogP contribution >= 0.6 is 11.3 Å². The Labute approximate surface area is 136 Å². The molecule has 0 saturated heterocycles. The monoisotopic (exact) mass is 317 g/mol. The van der Waals surface area contributed by atoms with Gasteiger partial charge < -0.3 is 15.4 Å². The van der Waals surface area contributed by atoms with Gasteiger partial charge in [0.25, 0.3) is 0 Å². The summed E-state index contributed by atoms with van der Waals surface area (Å²) < 4.78 is 5.19. The molecule has 118 valence electrons. The molecule has 2 aromatic rings. The molecule has 0 amide bonds. The molecule has 2 rings (SSSR count). The minimum absolute atomic E-state index is 0.615. The van der Waals surface area contributed by atoms with Crippen molar-refractivity contribution in [2.45, 2.75) is 20.4 Å². The van der Waals surface area contributed by atoms with Crippen molar-refractivity contribution in [2.75, 3.05) is 20.2 Å². The Hall–Kier alpha value is -2.01. The first-order valence-corrected chi connectivity index (χ1v) is 8.32. The van der Waals surface area contributed by atoms with Crippen LogP contribution in [0.1, 0.15) is 18.7 Å². The summed E-state index contributed by atoms with van der Waals surface area (Å²) in [7, 11) is 1.68. The molecule has 0 radical (unpaired) electrons. The summed E-state index contributed by atoms with van der Waals surface area (Å²) in [6, 6.07) is 10.3. The predicted octanol–water partition coefficient (Wildman–Crippen LogP) is 3.58. The molecule has 0 spiro atoms. The standard InChI is InChI=1S/C17H23N3OS/c1-4-20(5-2)17(18)19-11-16-10-14(12-22-16)13-6-8-15(21-3)9-7-13/h6-10,12H,4-5,11H2,1-3H3,(H2,18,19). The van der Waals surface area contributed by atoms with E-state index in [0.717, 1.165) is 18.8 Å². The molecule has 1 aromatic heterocycles. The number of guanidine groups is 1. The third kappa shape index (κ3) is 4.01. The highest BCUT2D eigenvalue weighted by Crippen LogP contribution is 2.27. The van der Waals surface area contributed by atoms with Gasteiger partial charge in [-0.25, -0.2) is 4.99 Å². The number of hydrogen-bond acceptors (Lipinski definition) is 3. The Bertz CT molecular complexity index is 615. The molecule has 0 aliphatic heterocycles. The molecule has 5 heteroatoms. The van der Waals surface area contributed by atoms with Crippen molar-refractivity contribution in [3.63, 3.8) is 0 Å². The topological polar surface area (TPSA) is 50.8 Å². The number of ether oxygens (including phenoxy) is 1. The van der Waals surface area contributed by atoms with E-state index < -0.39 is 0 Å². The van der Waals surface area contributed by atoms with Crippen LogP contribution < -0.4 is 10.5 Å². The molecule has 0 unspecified atom stereocenters. The first-order valence-electron chi connectivity index (χ1n) is 7.44. The van der Waals surface area contributed by atoms with Crippen molar-refractivity contribution in [1.82, 2.24) is 4.90 Å². The number of nitrogens with zero attached hydrogens (tertiary/aromatic N) is 2. The van der Waals surface area contributed by atoms with E-state index in [4.69, 9.17) is 10.5 Å². The largest absolute Gasteiger partial charge is 0.497 e. The third-order valence-electron chi connectivity index (χ3n) is 3.56. The number of benzene rings is 1. The summed E-state index contributed by atoms with van der Waals surface area (Å²) in [5, 5.41) is 2.15. The maximum absolute atomic E-state index is 6.00. The fraction of sp³-hybridized carbons (Fsp3) is 0.353. The summed E-state index contributed by atoms with van der Waals surface area (Å²) in [5.74, 6) is 1.49. The molecule has 0 bridgehead atoms. The number of hydrogen-bond donors (Lipinski definition) is 1. The number of methoxy groups -OCH3 is 1. The molecule has 0 aliphatic rings. The summed E-state index contributed by atoms with van der Waals surface area (Å²) in [6.45, 7) is 6.56. The van der Waals surface area contributed by atoms with E-state index in [1.807, 2.05) is 12.1 Å². The molecule has 1 heterocycles. The second-order valence-corrected chi connectivity index (χ2v) is 5.87. The van der Waals surface area contributed by atoms with Crippen molar-refractivity contribution >= 4 is 17.3 Å². The van der Waals surface area contributed by atoms with Crippen LogP contribution in [0.25, 0.3) is 11.1 Å². The van der Waals surface area contributed by atoms with E-state index in [-0.39, 0.29) is 0 Å². The van der Waals surface area contributed by atoms with E-state index in [1.165, 1.54) is 16.0 Å². The maximum Gasteiger partial charge on any atom is 0.191 e. The highest BCUT2D eigenvalue weighted by Gasteiger charge is 2.05. The molecule has 0 saturated carbocycles. The summed E-state index contributed by atoms with van der Waals surface area (Å²) in [6.07, 6.45) is 0. The van der Waals surface area contributed by atoms with Crippen LogP contribution in [0.3, 0.4) is 0 Å². The fourth-order valence-corrected chi connectivity index (χ4v) is 3.02. The van der Waals surface area contributed by atoms with Crippen LogP contribution in [0.15, 0.2) is 40.7 Å². The molecule has 4 nitrogen and oxygen atoms in total. The Balaban J connectivity index is 2.06. The molecule has 22 heavy (non-hydrogen) atoms. The number of thiophene rings is 1. The second-order valence-electron chi connectivity index (χ2n) is 4.88. The molecular weight excluding hydrogens is 294 g/mol. The van der Waals surface area contributed by atoms with E-state index in [2.05, 4.69) is 47.3 Å². The first-order chi connectivity index (χ1) is 10.7. The van der Waals surface area contributed by atoms with Gasteiger partial charge in [0.15, 0.2) is 5.96 Å².